The smallest absolute Gasteiger partial charge is 0.331 e. The number of nitrogens with one attached hydrogen (secondary N) is 2. The molecule has 1 atom stereocenters. The van der Waals surface area contributed by atoms with E-state index in [-0.39, 0.29) is 25.0 Å². The number of carbonyl (C=O) groups is 2. The Morgan fingerprint density at radius 2 is 2.28 bits per heavy atom. The van der Waals surface area contributed by atoms with Crippen molar-refractivity contribution < 1.29 is 19.1 Å². The summed E-state index contributed by atoms with van der Waals surface area (Å²) in [6.45, 7) is 1.87. The second kappa shape index (κ2) is 6.55. The van der Waals surface area contributed by atoms with Gasteiger partial charge in [-0.3, -0.25) is 9.89 Å². The quantitative estimate of drug-likeness (QED) is 0.539. The average molecular weight is 257 g/mol. The molecule has 100 valence electrons. The number of H-pyrrole nitrogens is 1. The first-order valence-electron chi connectivity index (χ1n) is 5.22. The van der Waals surface area contributed by atoms with Crippen LogP contribution in [0.15, 0.2) is 0 Å². The first-order valence-corrected chi connectivity index (χ1v) is 5.22. The number of nitrogens with two attached hydrogens (primary N) is 1. The third-order valence-electron chi connectivity index (χ3n) is 1.93. The Morgan fingerprint density at radius 1 is 1.56 bits per heavy atom. The van der Waals surface area contributed by atoms with E-state index in [9.17, 15) is 9.59 Å². The van der Waals surface area contributed by atoms with E-state index in [0.717, 1.165) is 0 Å². The van der Waals surface area contributed by atoms with Crippen LogP contribution in [0.1, 0.15) is 17.5 Å². The van der Waals surface area contributed by atoms with Gasteiger partial charge in [-0.25, -0.2) is 4.79 Å². The molecule has 0 spiro atoms. The second-order valence-corrected chi connectivity index (χ2v) is 3.28. The van der Waals surface area contributed by atoms with Crippen LogP contribution in [-0.2, 0) is 14.3 Å². The standard InChI is InChI=1S/C9H15N5O4/c1-3-18-8(16)5(4-17-2)11-7(15)6-12-9(10)14-13-6/h5H,3-4H2,1-2H3,(H,11,15)(H3,10,12,13,14). The van der Waals surface area contributed by atoms with Crippen molar-refractivity contribution in [3.63, 3.8) is 0 Å². The van der Waals surface area contributed by atoms with Crippen LogP contribution in [0.3, 0.4) is 0 Å². The SMILES string of the molecule is CCOC(=O)C(COC)NC(=O)c1nc(N)n[nH]1. The number of ether oxygens (including phenoxy) is 2. The topological polar surface area (TPSA) is 132 Å². The van der Waals surface area contributed by atoms with Crippen molar-refractivity contribution in [1.82, 2.24) is 20.5 Å². The molecular formula is C9H15N5O4. The number of hydrogen-bond acceptors (Lipinski definition) is 7. The Labute approximate surface area is 103 Å². The van der Waals surface area contributed by atoms with Crippen LogP contribution in [0, 0.1) is 0 Å². The van der Waals surface area contributed by atoms with Crippen LogP contribution < -0.4 is 11.1 Å². The Hall–Kier alpha value is -2.16. The lowest BCUT2D eigenvalue weighted by Crippen LogP contribution is -2.45. The maximum absolute atomic E-state index is 11.7. The second-order valence-electron chi connectivity index (χ2n) is 3.28. The van der Waals surface area contributed by atoms with Gasteiger partial charge < -0.3 is 20.5 Å². The van der Waals surface area contributed by atoms with Crippen LogP contribution in [0.4, 0.5) is 5.95 Å². The van der Waals surface area contributed by atoms with Gasteiger partial charge in [0.15, 0.2) is 6.04 Å². The van der Waals surface area contributed by atoms with Gasteiger partial charge in [0.25, 0.3) is 5.91 Å². The fourth-order valence-electron chi connectivity index (χ4n) is 1.18. The largest absolute Gasteiger partial charge is 0.464 e. The van der Waals surface area contributed by atoms with Crippen LogP contribution in [0.5, 0.6) is 0 Å². The minimum atomic E-state index is -0.909. The number of anilines is 1. The zero-order chi connectivity index (χ0) is 13.5. The molecule has 1 aromatic heterocycles. The molecule has 1 aromatic rings. The third kappa shape index (κ3) is 3.70. The highest BCUT2D eigenvalue weighted by atomic mass is 16.5. The van der Waals surface area contributed by atoms with Gasteiger partial charge in [0.1, 0.15) is 0 Å². The van der Waals surface area contributed by atoms with Crippen molar-refractivity contribution in [2.45, 2.75) is 13.0 Å². The van der Waals surface area contributed by atoms with Crippen LogP contribution in [0.25, 0.3) is 0 Å². The van der Waals surface area contributed by atoms with E-state index in [1.54, 1.807) is 6.92 Å². The van der Waals surface area contributed by atoms with Crippen molar-refractivity contribution in [3.05, 3.63) is 5.82 Å². The van der Waals surface area contributed by atoms with Crippen LogP contribution >= 0.6 is 0 Å². The minimum Gasteiger partial charge on any atom is -0.464 e. The van der Waals surface area contributed by atoms with Crippen molar-refractivity contribution in [1.29, 1.82) is 0 Å². The molecule has 9 heteroatoms. The number of esters is 1. The number of nitrogen functional groups attached to an aromatic ring is 1. The van der Waals surface area contributed by atoms with Gasteiger partial charge in [-0.1, -0.05) is 0 Å². The Kier molecular flexibility index (Phi) is 5.06. The molecule has 1 unspecified atom stereocenters. The molecule has 0 radical (unpaired) electrons. The number of amides is 1. The van der Waals surface area contributed by atoms with E-state index in [1.807, 2.05) is 0 Å². The zero-order valence-corrected chi connectivity index (χ0v) is 10.1. The van der Waals surface area contributed by atoms with Gasteiger partial charge in [0, 0.05) is 7.11 Å². The molecular weight excluding hydrogens is 242 g/mol. The van der Waals surface area contributed by atoms with Crippen LogP contribution in [0.2, 0.25) is 0 Å². The number of methoxy groups -OCH3 is 1. The Bertz CT molecular complexity index is 419. The van der Waals surface area contributed by atoms with E-state index in [1.165, 1.54) is 7.11 Å². The zero-order valence-electron chi connectivity index (χ0n) is 10.1. The molecule has 0 aliphatic carbocycles. The fraction of sp³-hybridized carbons (Fsp3) is 0.556. The monoisotopic (exact) mass is 257 g/mol. The molecule has 0 aromatic carbocycles. The first-order chi connectivity index (χ1) is 8.58. The lowest BCUT2D eigenvalue weighted by Gasteiger charge is -2.15. The maximum atomic E-state index is 11.7. The van der Waals surface area contributed by atoms with E-state index in [0.29, 0.717) is 0 Å². The van der Waals surface area contributed by atoms with Gasteiger partial charge in [-0.05, 0) is 6.92 Å². The highest BCUT2D eigenvalue weighted by molar-refractivity contribution is 5.93. The summed E-state index contributed by atoms with van der Waals surface area (Å²) in [5.41, 5.74) is 5.26. The number of carbonyl (C=O) groups excluding carboxylic acids is 2. The molecule has 0 saturated carbocycles. The molecule has 9 nitrogen and oxygen atoms in total. The number of nitrogens with zero attached hydrogens (tertiary/aromatic N) is 2. The lowest BCUT2D eigenvalue weighted by atomic mass is 10.3. The molecule has 0 saturated heterocycles. The summed E-state index contributed by atoms with van der Waals surface area (Å²) in [5.74, 6) is -1.34. The van der Waals surface area contributed by atoms with E-state index < -0.39 is 17.9 Å². The van der Waals surface area contributed by atoms with Crippen molar-refractivity contribution in [2.75, 3.05) is 26.1 Å². The molecule has 0 bridgehead atoms. The van der Waals surface area contributed by atoms with Gasteiger partial charge in [0.2, 0.25) is 11.8 Å². The summed E-state index contributed by atoms with van der Waals surface area (Å²) in [4.78, 5) is 26.8. The number of aromatic amines is 1. The van der Waals surface area contributed by atoms with Crippen molar-refractivity contribution >= 4 is 17.8 Å². The molecule has 4 N–H and O–H groups in total. The van der Waals surface area contributed by atoms with Gasteiger partial charge in [-0.15, -0.1) is 5.10 Å². The Balaban J connectivity index is 2.65. The minimum absolute atomic E-state index is 0.00576. The summed E-state index contributed by atoms with van der Waals surface area (Å²) in [6, 6.07) is -0.909. The number of rotatable bonds is 6. The molecule has 1 amide bonds. The molecule has 1 heterocycles. The highest BCUT2D eigenvalue weighted by Gasteiger charge is 2.23. The number of hydrogen-bond donors (Lipinski definition) is 3. The predicted octanol–water partition coefficient (Wildman–Crippen LogP) is -1.31. The number of aromatic nitrogens is 3. The summed E-state index contributed by atoms with van der Waals surface area (Å²) in [6.07, 6.45) is 0. The first kappa shape index (κ1) is 13.9. The van der Waals surface area contributed by atoms with E-state index >= 15 is 0 Å². The van der Waals surface area contributed by atoms with Crippen molar-refractivity contribution in [2.24, 2.45) is 0 Å². The summed E-state index contributed by atoms with van der Waals surface area (Å²) in [7, 11) is 1.41. The highest BCUT2D eigenvalue weighted by Crippen LogP contribution is 1.96. The average Bonchev–Trinajstić information content (AvgIpc) is 2.75. The Morgan fingerprint density at radius 3 is 2.78 bits per heavy atom. The summed E-state index contributed by atoms with van der Waals surface area (Å²) >= 11 is 0. The molecule has 0 fully saturated rings. The molecule has 1 rings (SSSR count). The molecule has 0 aliphatic heterocycles. The van der Waals surface area contributed by atoms with Crippen LogP contribution in [-0.4, -0.2) is 53.4 Å². The van der Waals surface area contributed by atoms with E-state index in [4.69, 9.17) is 15.2 Å². The molecule has 18 heavy (non-hydrogen) atoms. The van der Waals surface area contributed by atoms with Gasteiger partial charge in [0.05, 0.1) is 13.2 Å². The normalized spacial score (nSPS) is 11.9. The lowest BCUT2D eigenvalue weighted by molar-refractivity contribution is -0.146. The van der Waals surface area contributed by atoms with Gasteiger partial charge >= 0.3 is 5.97 Å². The maximum Gasteiger partial charge on any atom is 0.331 e. The van der Waals surface area contributed by atoms with Crippen molar-refractivity contribution in [3.8, 4) is 0 Å². The van der Waals surface area contributed by atoms with E-state index in [2.05, 4.69) is 20.5 Å². The predicted molar refractivity (Wildman–Crippen MR) is 60.6 cm³/mol. The molecule has 0 aliphatic rings. The fourth-order valence-corrected chi connectivity index (χ4v) is 1.18. The van der Waals surface area contributed by atoms with Gasteiger partial charge in [-0.2, -0.15) is 4.98 Å². The summed E-state index contributed by atoms with van der Waals surface area (Å²) in [5, 5.41) is 8.24. The summed E-state index contributed by atoms with van der Waals surface area (Å²) < 4.78 is 9.62. The third-order valence-corrected chi connectivity index (χ3v) is 1.93.